The van der Waals surface area contributed by atoms with E-state index in [9.17, 15) is 0 Å². The van der Waals surface area contributed by atoms with E-state index in [1.807, 2.05) is 0 Å². The van der Waals surface area contributed by atoms with Gasteiger partial charge in [0.1, 0.15) is 0 Å². The normalized spacial score (nSPS) is 18.3. The van der Waals surface area contributed by atoms with E-state index in [0.29, 0.717) is 0 Å². The van der Waals surface area contributed by atoms with Crippen LogP contribution < -0.4 is 5.32 Å². The topological polar surface area (TPSA) is 12.0 Å². The van der Waals surface area contributed by atoms with Crippen molar-refractivity contribution in [2.24, 2.45) is 0 Å². The van der Waals surface area contributed by atoms with E-state index >= 15 is 0 Å². The van der Waals surface area contributed by atoms with Crippen molar-refractivity contribution in [2.45, 2.75) is 104 Å². The smallest absolute Gasteiger partial charge is 0.0390 e. The van der Waals surface area contributed by atoms with Crippen LogP contribution in [0.25, 0.3) is 0 Å². The maximum atomic E-state index is 3.74. The van der Waals surface area contributed by atoms with Gasteiger partial charge in [-0.15, -0.1) is 0 Å². The Kier molecular flexibility index (Phi) is 5.22. The maximum absolute atomic E-state index is 3.74. The number of benzene rings is 2. The lowest BCUT2D eigenvalue weighted by molar-refractivity contribution is 0.332. The first-order chi connectivity index (χ1) is 13.1. The molecule has 0 amide bonds. The molecule has 1 heteroatoms. The van der Waals surface area contributed by atoms with Crippen LogP contribution in [0.5, 0.6) is 0 Å². The van der Waals surface area contributed by atoms with Crippen LogP contribution in [0.15, 0.2) is 36.4 Å². The third kappa shape index (κ3) is 4.55. The van der Waals surface area contributed by atoms with Gasteiger partial charge in [-0.2, -0.15) is 0 Å². The summed E-state index contributed by atoms with van der Waals surface area (Å²) >= 11 is 0. The van der Waals surface area contributed by atoms with E-state index < -0.39 is 0 Å². The molecule has 0 unspecified atom stereocenters. The fourth-order valence-corrected chi connectivity index (χ4v) is 4.40. The highest BCUT2D eigenvalue weighted by atomic mass is 14.9. The summed E-state index contributed by atoms with van der Waals surface area (Å²) in [5.41, 5.74) is 8.90. The van der Waals surface area contributed by atoms with Gasteiger partial charge in [0.15, 0.2) is 0 Å². The van der Waals surface area contributed by atoms with Crippen LogP contribution >= 0.6 is 0 Å². The third-order valence-corrected chi connectivity index (χ3v) is 6.81. The van der Waals surface area contributed by atoms with Gasteiger partial charge in [0.25, 0.3) is 0 Å². The summed E-state index contributed by atoms with van der Waals surface area (Å²) in [6, 6.07) is 14.0. The molecular weight excluding hydrogens is 350 g/mol. The predicted octanol–water partition coefficient (Wildman–Crippen LogP) is 8.37. The molecule has 0 spiro atoms. The highest BCUT2D eigenvalue weighted by Crippen LogP contribution is 2.46. The largest absolute Gasteiger partial charge is 0.356 e. The van der Waals surface area contributed by atoms with Gasteiger partial charge < -0.3 is 5.32 Å². The van der Waals surface area contributed by atoms with E-state index in [0.717, 1.165) is 0 Å². The van der Waals surface area contributed by atoms with Gasteiger partial charge in [-0.3, -0.25) is 0 Å². The molecule has 29 heavy (non-hydrogen) atoms. The Hall–Kier alpha value is -1.76. The monoisotopic (exact) mass is 391 g/mol. The zero-order chi connectivity index (χ0) is 21.8. The first-order valence-corrected chi connectivity index (χ1v) is 11.2. The molecule has 0 fully saturated rings. The molecule has 1 nitrogen and oxygen atoms in total. The number of nitrogens with one attached hydrogen (secondary N) is 1. The van der Waals surface area contributed by atoms with Crippen molar-refractivity contribution in [2.75, 3.05) is 5.32 Å². The van der Waals surface area contributed by atoms with Gasteiger partial charge in [0.2, 0.25) is 0 Å². The average molecular weight is 392 g/mol. The molecule has 0 atom stereocenters. The van der Waals surface area contributed by atoms with Gasteiger partial charge in [-0.25, -0.2) is 0 Å². The van der Waals surface area contributed by atoms with E-state index in [1.165, 1.54) is 46.5 Å². The standard InChI is InChI=1S/C28H41N/c1-25(2,3)19-15-20(26(4,5)6)17-22(16-19)29-21-11-12-23-24(18-21)28(9,10)14-13-27(23,7)8/h11-12,15-18,29H,13-14H2,1-10H3. The second-order valence-electron chi connectivity index (χ2n) is 12.5. The fourth-order valence-electron chi connectivity index (χ4n) is 4.40. The number of rotatable bonds is 2. The molecule has 2 aromatic rings. The van der Waals surface area contributed by atoms with Crippen molar-refractivity contribution in [3.05, 3.63) is 58.7 Å². The zero-order valence-corrected chi connectivity index (χ0v) is 20.4. The second-order valence-corrected chi connectivity index (χ2v) is 12.5. The first-order valence-electron chi connectivity index (χ1n) is 11.2. The highest BCUT2D eigenvalue weighted by molar-refractivity contribution is 5.65. The summed E-state index contributed by atoms with van der Waals surface area (Å²) in [4.78, 5) is 0. The first kappa shape index (κ1) is 21.9. The molecule has 0 heterocycles. The fraction of sp³-hybridized carbons (Fsp3) is 0.571. The Morgan fingerprint density at radius 1 is 0.621 bits per heavy atom. The lowest BCUT2D eigenvalue weighted by Crippen LogP contribution is -2.33. The molecule has 2 aromatic carbocycles. The van der Waals surface area contributed by atoms with Crippen molar-refractivity contribution in [3.8, 4) is 0 Å². The SMILES string of the molecule is CC(C)(C)c1cc(Nc2ccc3c(c2)C(C)(C)CCC3(C)C)cc(C(C)(C)C)c1. The molecular formula is C28H41N. The van der Waals surface area contributed by atoms with Gasteiger partial charge >= 0.3 is 0 Å². The Bertz CT molecular complexity index is 869. The minimum Gasteiger partial charge on any atom is -0.356 e. The summed E-state index contributed by atoms with van der Waals surface area (Å²) in [6.45, 7) is 23.3. The molecule has 1 aliphatic carbocycles. The average Bonchev–Trinajstić information content (AvgIpc) is 2.57. The number of hydrogen-bond donors (Lipinski definition) is 1. The minimum atomic E-state index is 0.125. The Morgan fingerprint density at radius 3 is 1.59 bits per heavy atom. The van der Waals surface area contributed by atoms with Crippen LogP contribution in [0, 0.1) is 0 Å². The Balaban J connectivity index is 2.05. The molecule has 0 aliphatic heterocycles. The quantitative estimate of drug-likeness (QED) is 0.542. The summed E-state index contributed by atoms with van der Waals surface area (Å²) in [5, 5.41) is 3.74. The number of fused-ring (bicyclic) bond motifs is 1. The Morgan fingerprint density at radius 2 is 1.10 bits per heavy atom. The van der Waals surface area contributed by atoms with E-state index in [2.05, 4.69) is 111 Å². The molecule has 1 N–H and O–H groups in total. The number of hydrogen-bond acceptors (Lipinski definition) is 1. The highest BCUT2D eigenvalue weighted by Gasteiger charge is 2.37. The molecule has 0 aromatic heterocycles. The van der Waals surface area contributed by atoms with Crippen molar-refractivity contribution in [1.82, 2.24) is 0 Å². The predicted molar refractivity (Wildman–Crippen MR) is 129 cm³/mol. The number of anilines is 2. The lowest BCUT2D eigenvalue weighted by Gasteiger charge is -2.42. The Labute approximate surface area is 179 Å². The van der Waals surface area contributed by atoms with Crippen LogP contribution in [0.4, 0.5) is 11.4 Å². The van der Waals surface area contributed by atoms with E-state index in [4.69, 9.17) is 0 Å². The summed E-state index contributed by atoms with van der Waals surface area (Å²) in [7, 11) is 0. The van der Waals surface area contributed by atoms with Crippen molar-refractivity contribution < 1.29 is 0 Å². The molecule has 0 bridgehead atoms. The van der Waals surface area contributed by atoms with Gasteiger partial charge in [-0.05, 0) is 81.0 Å². The molecule has 158 valence electrons. The summed E-state index contributed by atoms with van der Waals surface area (Å²) in [6.07, 6.45) is 2.49. The van der Waals surface area contributed by atoms with Crippen LogP contribution in [-0.4, -0.2) is 0 Å². The van der Waals surface area contributed by atoms with Crippen LogP contribution in [0.1, 0.15) is 104 Å². The molecule has 0 saturated heterocycles. The second kappa shape index (κ2) is 6.89. The summed E-state index contributed by atoms with van der Waals surface area (Å²) in [5.74, 6) is 0. The van der Waals surface area contributed by atoms with Crippen molar-refractivity contribution in [3.63, 3.8) is 0 Å². The zero-order valence-electron chi connectivity index (χ0n) is 20.4. The van der Waals surface area contributed by atoms with Gasteiger partial charge in [-0.1, -0.05) is 81.4 Å². The third-order valence-electron chi connectivity index (χ3n) is 6.81. The van der Waals surface area contributed by atoms with Crippen LogP contribution in [-0.2, 0) is 21.7 Å². The minimum absolute atomic E-state index is 0.125. The molecule has 1 aliphatic rings. The molecule has 3 rings (SSSR count). The van der Waals surface area contributed by atoms with E-state index in [1.54, 1.807) is 0 Å². The molecule has 0 radical (unpaired) electrons. The van der Waals surface area contributed by atoms with Crippen molar-refractivity contribution >= 4 is 11.4 Å². The van der Waals surface area contributed by atoms with Crippen molar-refractivity contribution in [1.29, 1.82) is 0 Å². The van der Waals surface area contributed by atoms with Crippen LogP contribution in [0.3, 0.4) is 0 Å². The van der Waals surface area contributed by atoms with Gasteiger partial charge in [0.05, 0.1) is 0 Å². The van der Waals surface area contributed by atoms with Crippen LogP contribution in [0.2, 0.25) is 0 Å². The summed E-state index contributed by atoms with van der Waals surface area (Å²) < 4.78 is 0. The van der Waals surface area contributed by atoms with E-state index in [-0.39, 0.29) is 21.7 Å². The maximum Gasteiger partial charge on any atom is 0.0390 e. The lowest BCUT2D eigenvalue weighted by atomic mass is 9.63. The van der Waals surface area contributed by atoms with Gasteiger partial charge in [0, 0.05) is 11.4 Å². The molecule has 0 saturated carbocycles.